The molecule has 5 heteroatoms. The Bertz CT molecular complexity index is 1030. The van der Waals surface area contributed by atoms with Crippen LogP contribution in [-0.2, 0) is 9.63 Å². The molecule has 4 nitrogen and oxygen atoms in total. The molecule has 0 radical (unpaired) electrons. The lowest BCUT2D eigenvalue weighted by molar-refractivity contribution is -0.158. The number of amides is 1. The summed E-state index contributed by atoms with van der Waals surface area (Å²) >= 11 is 0. The summed E-state index contributed by atoms with van der Waals surface area (Å²) in [5, 5.41) is 1.95. The molecule has 32 heavy (non-hydrogen) atoms. The Morgan fingerprint density at radius 3 is 1.88 bits per heavy atom. The molecule has 2 aromatic carbocycles. The van der Waals surface area contributed by atoms with Gasteiger partial charge in [-0.3, -0.25) is 4.79 Å². The molecule has 0 saturated heterocycles. The minimum atomic E-state index is -1.98. The lowest BCUT2D eigenvalue weighted by Gasteiger charge is -2.38. The number of benzene rings is 2. The molecule has 0 fully saturated rings. The maximum atomic E-state index is 13.0. The first-order valence-corrected chi connectivity index (χ1v) is 13.6. The van der Waals surface area contributed by atoms with Gasteiger partial charge in [0.05, 0.1) is 11.0 Å². The van der Waals surface area contributed by atoms with E-state index in [0.717, 1.165) is 10.8 Å². The second kappa shape index (κ2) is 9.91. The van der Waals surface area contributed by atoms with E-state index < -0.39 is 25.4 Å². The second-order valence-corrected chi connectivity index (χ2v) is 16.0. The highest BCUT2D eigenvalue weighted by Crippen LogP contribution is 2.40. The zero-order valence-electron chi connectivity index (χ0n) is 20.9. The van der Waals surface area contributed by atoms with Crippen molar-refractivity contribution in [3.63, 3.8) is 0 Å². The van der Waals surface area contributed by atoms with Crippen molar-refractivity contribution >= 4 is 30.7 Å². The molecule has 0 heterocycles. The number of hydrogen-bond acceptors (Lipinski definition) is 3. The third-order valence-electron chi connectivity index (χ3n) is 6.26. The van der Waals surface area contributed by atoms with Crippen molar-refractivity contribution in [1.82, 2.24) is 5.48 Å². The Kier molecular flexibility index (Phi) is 7.95. The minimum Gasteiger partial charge on any atom is -0.340 e. The predicted molar refractivity (Wildman–Crippen MR) is 135 cm³/mol. The largest absolute Gasteiger partial charge is 0.340 e. The zero-order valence-corrected chi connectivity index (χ0v) is 21.9. The SMILES string of the molecule is CC(C)[Si](C#Cc1cc2ccccc2cc1C(=O)NOC(=O)C(C)(C)C)(C(C)C)C(C)C. The number of rotatable bonds is 4. The van der Waals surface area contributed by atoms with Crippen molar-refractivity contribution in [1.29, 1.82) is 0 Å². The van der Waals surface area contributed by atoms with Crippen molar-refractivity contribution in [2.45, 2.75) is 78.9 Å². The van der Waals surface area contributed by atoms with Crippen molar-refractivity contribution in [3.8, 4) is 11.5 Å². The highest BCUT2D eigenvalue weighted by Gasteiger charge is 2.41. The van der Waals surface area contributed by atoms with Gasteiger partial charge in [0, 0.05) is 5.56 Å². The van der Waals surface area contributed by atoms with Crippen LogP contribution in [0.4, 0.5) is 0 Å². The Morgan fingerprint density at radius 2 is 1.41 bits per heavy atom. The second-order valence-electron chi connectivity index (χ2n) is 10.5. The van der Waals surface area contributed by atoms with Gasteiger partial charge < -0.3 is 4.84 Å². The monoisotopic (exact) mass is 451 g/mol. The van der Waals surface area contributed by atoms with Crippen LogP contribution in [0.3, 0.4) is 0 Å². The first-order valence-electron chi connectivity index (χ1n) is 11.4. The normalized spacial score (nSPS) is 12.1. The van der Waals surface area contributed by atoms with E-state index in [1.807, 2.05) is 36.4 Å². The first kappa shape index (κ1) is 25.7. The molecule has 0 bridgehead atoms. The smallest absolute Gasteiger partial charge is 0.337 e. The summed E-state index contributed by atoms with van der Waals surface area (Å²) in [4.78, 5) is 30.2. The van der Waals surface area contributed by atoms with E-state index >= 15 is 0 Å². The van der Waals surface area contributed by atoms with Gasteiger partial charge >= 0.3 is 5.97 Å². The zero-order chi connectivity index (χ0) is 24.3. The van der Waals surface area contributed by atoms with Gasteiger partial charge in [-0.05, 0) is 60.3 Å². The maximum absolute atomic E-state index is 13.0. The maximum Gasteiger partial charge on any atom is 0.337 e. The topological polar surface area (TPSA) is 55.4 Å². The molecule has 0 aromatic heterocycles. The van der Waals surface area contributed by atoms with Crippen molar-refractivity contribution in [2.24, 2.45) is 5.41 Å². The highest BCUT2D eigenvalue weighted by molar-refractivity contribution is 6.90. The van der Waals surface area contributed by atoms with Gasteiger partial charge in [-0.15, -0.1) is 5.54 Å². The van der Waals surface area contributed by atoms with Crippen LogP contribution in [0.1, 0.15) is 78.2 Å². The van der Waals surface area contributed by atoms with Crippen LogP contribution < -0.4 is 5.48 Å². The summed E-state index contributed by atoms with van der Waals surface area (Å²) in [5.74, 6) is 2.44. The van der Waals surface area contributed by atoms with Gasteiger partial charge in [0.1, 0.15) is 8.07 Å². The third kappa shape index (κ3) is 5.42. The van der Waals surface area contributed by atoms with Crippen LogP contribution in [0.5, 0.6) is 0 Å². The predicted octanol–water partition coefficient (Wildman–Crippen LogP) is 6.64. The highest BCUT2D eigenvalue weighted by atomic mass is 28.3. The quantitative estimate of drug-likeness (QED) is 0.322. The number of carbonyl (C=O) groups is 2. The molecule has 0 spiro atoms. The van der Waals surface area contributed by atoms with Crippen LogP contribution in [0.2, 0.25) is 16.6 Å². The molecule has 172 valence electrons. The molecular formula is C27H37NO3Si. The van der Waals surface area contributed by atoms with Crippen LogP contribution in [0.25, 0.3) is 10.8 Å². The number of nitrogens with one attached hydrogen (secondary N) is 1. The first-order chi connectivity index (χ1) is 14.8. The van der Waals surface area contributed by atoms with Crippen LogP contribution in [0, 0.1) is 16.9 Å². The summed E-state index contributed by atoms with van der Waals surface area (Å²) < 4.78 is 0. The van der Waals surface area contributed by atoms with Crippen molar-refractivity contribution < 1.29 is 14.4 Å². The fourth-order valence-electron chi connectivity index (χ4n) is 4.44. The van der Waals surface area contributed by atoms with Gasteiger partial charge in [0.2, 0.25) is 0 Å². The van der Waals surface area contributed by atoms with Crippen molar-refractivity contribution in [2.75, 3.05) is 0 Å². The number of hydroxylamine groups is 1. The summed E-state index contributed by atoms with van der Waals surface area (Å²) in [6.07, 6.45) is 0. The standard InChI is InChI=1S/C27H37NO3Si/c1-18(2)32(19(3)4,20(5)6)15-14-23-16-21-12-10-11-13-22(21)17-24(23)25(29)28-31-26(30)27(7,8)9/h10-13,16-20H,1-9H3,(H,28,29). The van der Waals surface area contributed by atoms with Crippen LogP contribution in [0.15, 0.2) is 36.4 Å². The third-order valence-corrected chi connectivity index (χ3v) is 12.5. The molecular weight excluding hydrogens is 414 g/mol. The van der Waals surface area contributed by atoms with Crippen LogP contribution in [-0.4, -0.2) is 20.0 Å². The number of carbonyl (C=O) groups excluding carboxylic acids is 2. The lowest BCUT2D eigenvalue weighted by Crippen LogP contribution is -2.43. The molecule has 2 rings (SSSR count). The van der Waals surface area contributed by atoms with Gasteiger partial charge in [0.15, 0.2) is 0 Å². The Labute approximate surface area is 194 Å². The number of fused-ring (bicyclic) bond motifs is 1. The Morgan fingerprint density at radius 1 is 0.906 bits per heavy atom. The van der Waals surface area contributed by atoms with Crippen LogP contribution >= 0.6 is 0 Å². The molecule has 1 amide bonds. The van der Waals surface area contributed by atoms with Gasteiger partial charge in [-0.1, -0.05) is 71.7 Å². The Hall–Kier alpha value is -2.58. The minimum absolute atomic E-state index is 0.414. The molecule has 0 saturated carbocycles. The summed E-state index contributed by atoms with van der Waals surface area (Å²) in [6, 6.07) is 11.7. The molecule has 2 aromatic rings. The summed E-state index contributed by atoms with van der Waals surface area (Å²) in [5.41, 5.74) is 7.85. The van der Waals surface area contributed by atoms with E-state index in [2.05, 4.69) is 58.5 Å². The van der Waals surface area contributed by atoms with E-state index in [-0.39, 0.29) is 0 Å². The van der Waals surface area contributed by atoms with E-state index in [9.17, 15) is 9.59 Å². The average molecular weight is 452 g/mol. The molecule has 0 aliphatic heterocycles. The van der Waals surface area contributed by atoms with Crippen molar-refractivity contribution in [3.05, 3.63) is 47.5 Å². The molecule has 1 N–H and O–H groups in total. The number of hydrogen-bond donors (Lipinski definition) is 1. The summed E-state index contributed by atoms with van der Waals surface area (Å²) in [6.45, 7) is 18.8. The van der Waals surface area contributed by atoms with E-state index in [1.54, 1.807) is 20.8 Å². The molecule has 0 unspecified atom stereocenters. The Balaban J connectivity index is 2.58. The fourth-order valence-corrected chi connectivity index (χ4v) is 9.66. The molecule has 0 atom stereocenters. The molecule has 0 aliphatic rings. The summed E-state index contributed by atoms with van der Waals surface area (Å²) in [7, 11) is -1.98. The van der Waals surface area contributed by atoms with E-state index in [1.165, 1.54) is 0 Å². The molecule has 0 aliphatic carbocycles. The van der Waals surface area contributed by atoms with Gasteiger partial charge in [-0.25, -0.2) is 4.79 Å². The van der Waals surface area contributed by atoms with Gasteiger partial charge in [0.25, 0.3) is 5.91 Å². The van der Waals surface area contributed by atoms with E-state index in [0.29, 0.717) is 27.8 Å². The lowest BCUT2D eigenvalue weighted by atomic mass is 9.98. The van der Waals surface area contributed by atoms with E-state index in [4.69, 9.17) is 4.84 Å². The average Bonchev–Trinajstić information content (AvgIpc) is 2.70. The van der Waals surface area contributed by atoms with Gasteiger partial charge in [-0.2, -0.15) is 5.48 Å². The fraction of sp³-hybridized carbons (Fsp3) is 0.481.